The Kier molecular flexibility index (Phi) is 1.92. The highest BCUT2D eigenvalue weighted by molar-refractivity contribution is 5.76. The Morgan fingerprint density at radius 1 is 1.45 bits per heavy atom. The van der Waals surface area contributed by atoms with E-state index in [1.54, 1.807) is 13.8 Å². The Labute approximate surface area is 66.7 Å². The zero-order chi connectivity index (χ0) is 8.65. The molecule has 0 bridgehead atoms. The van der Waals surface area contributed by atoms with Crippen molar-refractivity contribution in [2.45, 2.75) is 39.6 Å². The molecule has 1 aliphatic rings. The van der Waals surface area contributed by atoms with E-state index in [-0.39, 0.29) is 18.0 Å². The van der Waals surface area contributed by atoms with Gasteiger partial charge in [-0.1, -0.05) is 13.8 Å². The molecule has 11 heavy (non-hydrogen) atoms. The summed E-state index contributed by atoms with van der Waals surface area (Å²) in [6, 6.07) is 0. The lowest BCUT2D eigenvalue weighted by Gasteiger charge is -2.16. The van der Waals surface area contributed by atoms with Crippen LogP contribution in [0.4, 0.5) is 0 Å². The van der Waals surface area contributed by atoms with Crippen molar-refractivity contribution in [2.24, 2.45) is 5.92 Å². The van der Waals surface area contributed by atoms with Gasteiger partial charge < -0.3 is 9.47 Å². The third kappa shape index (κ3) is 1.71. The van der Waals surface area contributed by atoms with Crippen LogP contribution >= 0.6 is 0 Å². The van der Waals surface area contributed by atoms with Crippen molar-refractivity contribution >= 4 is 5.97 Å². The van der Waals surface area contributed by atoms with Gasteiger partial charge in [0.2, 0.25) is 5.79 Å². The quantitative estimate of drug-likeness (QED) is 0.540. The smallest absolute Gasteiger partial charge is 0.338 e. The highest BCUT2D eigenvalue weighted by atomic mass is 16.8. The molecule has 0 N–H and O–H groups in total. The van der Waals surface area contributed by atoms with E-state index in [1.807, 2.05) is 13.8 Å². The molecule has 3 heteroatoms. The normalized spacial score (nSPS) is 29.2. The molecule has 1 atom stereocenters. The third-order valence-corrected chi connectivity index (χ3v) is 1.59. The molecule has 0 aromatic heterocycles. The molecule has 0 amide bonds. The van der Waals surface area contributed by atoms with Gasteiger partial charge in [0.25, 0.3) is 0 Å². The lowest BCUT2D eigenvalue weighted by molar-refractivity contribution is -0.161. The lowest BCUT2D eigenvalue weighted by atomic mass is 10.1. The molecule has 0 aromatic carbocycles. The van der Waals surface area contributed by atoms with Gasteiger partial charge in [-0.15, -0.1) is 0 Å². The number of carbonyl (C=O) groups is 1. The van der Waals surface area contributed by atoms with Crippen LogP contribution in [0.3, 0.4) is 0 Å². The number of carbonyl (C=O) groups excluding carboxylic acids is 1. The zero-order valence-electron chi connectivity index (χ0n) is 7.38. The first kappa shape index (κ1) is 8.53. The van der Waals surface area contributed by atoms with Crippen molar-refractivity contribution in [1.82, 2.24) is 0 Å². The zero-order valence-corrected chi connectivity index (χ0v) is 7.38. The summed E-state index contributed by atoms with van der Waals surface area (Å²) < 4.78 is 10.3. The largest absolute Gasteiger partial charge is 0.432 e. The molecule has 1 aliphatic heterocycles. The average molecular weight is 158 g/mol. The van der Waals surface area contributed by atoms with Crippen LogP contribution in [0.25, 0.3) is 0 Å². The third-order valence-electron chi connectivity index (χ3n) is 1.59. The molecule has 1 saturated heterocycles. The standard InChI is InChI=1S/C8H14O3/c1-5(2)6-7(9)11-8(3,4)10-6/h5-6H,1-4H3/t6-/m1/s1. The molecule has 1 fully saturated rings. The molecule has 0 aliphatic carbocycles. The highest BCUT2D eigenvalue weighted by Crippen LogP contribution is 2.27. The van der Waals surface area contributed by atoms with Crippen LogP contribution in [0.2, 0.25) is 0 Å². The fourth-order valence-corrected chi connectivity index (χ4v) is 1.09. The number of rotatable bonds is 1. The molecule has 0 radical (unpaired) electrons. The predicted molar refractivity (Wildman–Crippen MR) is 39.9 cm³/mol. The maximum absolute atomic E-state index is 11.1. The Morgan fingerprint density at radius 3 is 2.18 bits per heavy atom. The summed E-state index contributed by atoms with van der Waals surface area (Å²) in [4.78, 5) is 11.1. The van der Waals surface area contributed by atoms with E-state index in [0.717, 1.165) is 0 Å². The summed E-state index contributed by atoms with van der Waals surface area (Å²) in [7, 11) is 0. The molecular formula is C8H14O3. The highest BCUT2D eigenvalue weighted by Gasteiger charge is 2.42. The molecular weight excluding hydrogens is 144 g/mol. The summed E-state index contributed by atoms with van der Waals surface area (Å²) in [6.45, 7) is 7.36. The van der Waals surface area contributed by atoms with Crippen LogP contribution in [-0.2, 0) is 14.3 Å². The SMILES string of the molecule is CC(C)[C@H]1OC(C)(C)OC1=O. The minimum atomic E-state index is -0.730. The maximum atomic E-state index is 11.1. The molecule has 64 valence electrons. The number of hydrogen-bond donors (Lipinski definition) is 0. The number of hydrogen-bond acceptors (Lipinski definition) is 3. The Bertz CT molecular complexity index is 172. The summed E-state index contributed by atoms with van der Waals surface area (Å²) in [6.07, 6.45) is -0.384. The van der Waals surface area contributed by atoms with Gasteiger partial charge in [0.05, 0.1) is 0 Å². The Balaban J connectivity index is 2.67. The first-order valence-electron chi connectivity index (χ1n) is 3.83. The van der Waals surface area contributed by atoms with Crippen LogP contribution < -0.4 is 0 Å². The Morgan fingerprint density at radius 2 is 2.00 bits per heavy atom. The van der Waals surface area contributed by atoms with E-state index in [0.29, 0.717) is 0 Å². The van der Waals surface area contributed by atoms with Gasteiger partial charge in [-0.05, 0) is 5.92 Å². The molecule has 0 unspecified atom stereocenters. The van der Waals surface area contributed by atoms with Crippen molar-refractivity contribution in [3.63, 3.8) is 0 Å². The summed E-state index contributed by atoms with van der Waals surface area (Å²) in [5.41, 5.74) is 0. The molecule has 3 nitrogen and oxygen atoms in total. The van der Waals surface area contributed by atoms with Gasteiger partial charge in [-0.2, -0.15) is 0 Å². The van der Waals surface area contributed by atoms with E-state index in [4.69, 9.17) is 9.47 Å². The molecule has 1 heterocycles. The number of ether oxygens (including phenoxy) is 2. The van der Waals surface area contributed by atoms with E-state index >= 15 is 0 Å². The van der Waals surface area contributed by atoms with Crippen molar-refractivity contribution in [3.05, 3.63) is 0 Å². The van der Waals surface area contributed by atoms with Crippen LogP contribution in [-0.4, -0.2) is 17.9 Å². The molecule has 0 spiro atoms. The molecule has 1 rings (SSSR count). The number of cyclic esters (lactones) is 1. The summed E-state index contributed by atoms with van der Waals surface area (Å²) in [5, 5.41) is 0. The number of esters is 1. The van der Waals surface area contributed by atoms with E-state index in [2.05, 4.69) is 0 Å². The second-order valence-corrected chi connectivity index (χ2v) is 3.60. The monoisotopic (exact) mass is 158 g/mol. The van der Waals surface area contributed by atoms with Crippen molar-refractivity contribution in [3.8, 4) is 0 Å². The van der Waals surface area contributed by atoms with Gasteiger partial charge in [0, 0.05) is 13.8 Å². The van der Waals surface area contributed by atoms with Crippen molar-refractivity contribution in [1.29, 1.82) is 0 Å². The van der Waals surface area contributed by atoms with E-state index in [9.17, 15) is 4.79 Å². The van der Waals surface area contributed by atoms with Gasteiger partial charge >= 0.3 is 5.97 Å². The lowest BCUT2D eigenvalue weighted by Crippen LogP contribution is -2.24. The first-order chi connectivity index (χ1) is 4.92. The fourth-order valence-electron chi connectivity index (χ4n) is 1.09. The Hall–Kier alpha value is -0.570. The minimum Gasteiger partial charge on any atom is -0.432 e. The first-order valence-corrected chi connectivity index (χ1v) is 3.83. The second kappa shape index (κ2) is 2.48. The van der Waals surface area contributed by atoms with Crippen LogP contribution in [0.1, 0.15) is 27.7 Å². The van der Waals surface area contributed by atoms with E-state index < -0.39 is 5.79 Å². The maximum Gasteiger partial charge on any atom is 0.338 e. The van der Waals surface area contributed by atoms with E-state index in [1.165, 1.54) is 0 Å². The van der Waals surface area contributed by atoms with Crippen LogP contribution in [0.15, 0.2) is 0 Å². The minimum absolute atomic E-state index is 0.185. The van der Waals surface area contributed by atoms with Gasteiger partial charge in [0.1, 0.15) is 0 Å². The van der Waals surface area contributed by atoms with Gasteiger partial charge in [0.15, 0.2) is 6.10 Å². The van der Waals surface area contributed by atoms with Gasteiger partial charge in [-0.25, -0.2) is 4.79 Å². The van der Waals surface area contributed by atoms with Crippen LogP contribution in [0, 0.1) is 5.92 Å². The summed E-state index contributed by atoms with van der Waals surface area (Å²) >= 11 is 0. The van der Waals surface area contributed by atoms with Gasteiger partial charge in [-0.3, -0.25) is 0 Å². The molecule has 0 saturated carbocycles. The van der Waals surface area contributed by atoms with Crippen LogP contribution in [0.5, 0.6) is 0 Å². The fraction of sp³-hybridized carbons (Fsp3) is 0.875. The van der Waals surface area contributed by atoms with Crippen molar-refractivity contribution in [2.75, 3.05) is 0 Å². The molecule has 0 aromatic rings. The average Bonchev–Trinajstić information content (AvgIpc) is 2.05. The predicted octanol–water partition coefficient (Wildman–Crippen LogP) is 1.32. The van der Waals surface area contributed by atoms with Crippen molar-refractivity contribution < 1.29 is 14.3 Å². The second-order valence-electron chi connectivity index (χ2n) is 3.60. The topological polar surface area (TPSA) is 35.5 Å². The summed E-state index contributed by atoms with van der Waals surface area (Å²) in [5.74, 6) is -0.791.